The third-order valence-electron chi connectivity index (χ3n) is 5.91. The number of aryl methyl sites for hydroxylation is 1. The molecule has 0 saturated heterocycles. The van der Waals surface area contributed by atoms with Crippen LogP contribution in [0.5, 0.6) is 0 Å². The first-order valence-corrected chi connectivity index (χ1v) is 10.8. The molecule has 0 radical (unpaired) electrons. The Kier molecular flexibility index (Phi) is 6.30. The molecule has 34 heavy (non-hydrogen) atoms. The lowest BCUT2D eigenvalue weighted by Crippen LogP contribution is -2.26. The van der Waals surface area contributed by atoms with Gasteiger partial charge in [0.05, 0.1) is 18.7 Å². The molecule has 4 rings (SSSR count). The maximum absolute atomic E-state index is 13.5. The number of carbonyl (C=O) groups excluding carboxylic acids is 1. The molecule has 1 aliphatic rings. The van der Waals surface area contributed by atoms with Crippen molar-refractivity contribution < 1.29 is 23.1 Å². The standard InChI is InChI=1S/C23H25F3N6O2/c1-13(7-21-30-27-12-31(21)3)15-8-19(28-14(2)11-33)29-20(9-15)32-10-17-16(22(32)34)5-4-6-18(17)23(24,25)26/h4-6,8-9,12-14,33H,7,10-11H2,1-3H3,(H,28,29). The molecule has 1 aliphatic heterocycles. The summed E-state index contributed by atoms with van der Waals surface area (Å²) in [4.78, 5) is 18.8. The third-order valence-corrected chi connectivity index (χ3v) is 5.91. The molecule has 2 unspecified atom stereocenters. The molecule has 180 valence electrons. The minimum Gasteiger partial charge on any atom is -0.394 e. The molecule has 0 saturated carbocycles. The number of carbonyl (C=O) groups is 1. The number of aromatic nitrogens is 4. The average Bonchev–Trinajstić information content (AvgIpc) is 3.35. The smallest absolute Gasteiger partial charge is 0.394 e. The number of benzene rings is 1. The summed E-state index contributed by atoms with van der Waals surface area (Å²) in [6.45, 7) is 3.38. The van der Waals surface area contributed by atoms with Crippen LogP contribution in [0.25, 0.3) is 0 Å². The van der Waals surface area contributed by atoms with E-state index in [0.29, 0.717) is 12.2 Å². The fourth-order valence-electron chi connectivity index (χ4n) is 4.00. The Balaban J connectivity index is 1.72. The van der Waals surface area contributed by atoms with Crippen LogP contribution in [0.15, 0.2) is 36.7 Å². The van der Waals surface area contributed by atoms with Crippen LogP contribution in [-0.2, 0) is 26.2 Å². The van der Waals surface area contributed by atoms with Gasteiger partial charge in [-0.3, -0.25) is 9.69 Å². The molecular formula is C23H25F3N6O2. The molecule has 8 nitrogen and oxygen atoms in total. The van der Waals surface area contributed by atoms with E-state index in [0.717, 1.165) is 17.5 Å². The van der Waals surface area contributed by atoms with Gasteiger partial charge in [0.15, 0.2) is 0 Å². The summed E-state index contributed by atoms with van der Waals surface area (Å²) in [5, 5.41) is 20.5. The molecule has 2 atom stereocenters. The zero-order valence-electron chi connectivity index (χ0n) is 19.0. The minimum atomic E-state index is -4.56. The van der Waals surface area contributed by atoms with Gasteiger partial charge in [-0.05, 0) is 48.2 Å². The number of rotatable bonds is 7. The van der Waals surface area contributed by atoms with Crippen molar-refractivity contribution in [3.05, 3.63) is 64.7 Å². The molecule has 11 heteroatoms. The van der Waals surface area contributed by atoms with Crippen LogP contribution < -0.4 is 10.2 Å². The molecule has 0 aliphatic carbocycles. The van der Waals surface area contributed by atoms with Crippen molar-refractivity contribution in [2.45, 2.75) is 44.9 Å². The van der Waals surface area contributed by atoms with Gasteiger partial charge in [0.25, 0.3) is 5.91 Å². The summed E-state index contributed by atoms with van der Waals surface area (Å²) in [6.07, 6.45) is -2.40. The Morgan fingerprint density at radius 1 is 1.24 bits per heavy atom. The molecule has 3 heterocycles. The number of halogens is 3. The number of hydrogen-bond donors (Lipinski definition) is 2. The van der Waals surface area contributed by atoms with E-state index in [4.69, 9.17) is 0 Å². The minimum absolute atomic E-state index is 0.0207. The second-order valence-corrected chi connectivity index (χ2v) is 8.56. The normalized spacial score (nSPS) is 15.4. The van der Waals surface area contributed by atoms with E-state index in [1.54, 1.807) is 19.3 Å². The molecule has 2 N–H and O–H groups in total. The summed E-state index contributed by atoms with van der Waals surface area (Å²) in [5.74, 6) is 0.833. The fourth-order valence-corrected chi connectivity index (χ4v) is 4.00. The van der Waals surface area contributed by atoms with Gasteiger partial charge in [0, 0.05) is 25.1 Å². The van der Waals surface area contributed by atoms with Gasteiger partial charge in [-0.25, -0.2) is 4.98 Å². The Morgan fingerprint density at radius 3 is 2.65 bits per heavy atom. The number of alkyl halides is 3. The molecular weight excluding hydrogens is 449 g/mol. The van der Waals surface area contributed by atoms with Crippen LogP contribution in [-0.4, -0.2) is 43.4 Å². The van der Waals surface area contributed by atoms with E-state index >= 15 is 0 Å². The van der Waals surface area contributed by atoms with Gasteiger partial charge in [0.1, 0.15) is 23.8 Å². The number of anilines is 2. The van der Waals surface area contributed by atoms with Crippen molar-refractivity contribution in [2.75, 3.05) is 16.8 Å². The molecule has 0 bridgehead atoms. The highest BCUT2D eigenvalue weighted by Gasteiger charge is 2.40. The molecule has 1 amide bonds. The van der Waals surface area contributed by atoms with E-state index in [-0.39, 0.29) is 42.1 Å². The lowest BCUT2D eigenvalue weighted by atomic mass is 9.97. The molecule has 2 aromatic heterocycles. The Labute approximate surface area is 194 Å². The van der Waals surface area contributed by atoms with Gasteiger partial charge in [-0.15, -0.1) is 10.2 Å². The van der Waals surface area contributed by atoms with Crippen LogP contribution in [0.2, 0.25) is 0 Å². The number of fused-ring (bicyclic) bond motifs is 1. The van der Waals surface area contributed by atoms with Crippen molar-refractivity contribution in [3.63, 3.8) is 0 Å². The second-order valence-electron chi connectivity index (χ2n) is 8.56. The van der Waals surface area contributed by atoms with Gasteiger partial charge in [-0.2, -0.15) is 13.2 Å². The van der Waals surface area contributed by atoms with E-state index in [2.05, 4.69) is 20.5 Å². The number of hydrogen-bond acceptors (Lipinski definition) is 6. The average molecular weight is 474 g/mol. The van der Waals surface area contributed by atoms with Crippen LogP contribution >= 0.6 is 0 Å². The predicted molar refractivity (Wildman–Crippen MR) is 119 cm³/mol. The van der Waals surface area contributed by atoms with E-state index < -0.39 is 17.6 Å². The number of aliphatic hydroxyl groups is 1. The summed E-state index contributed by atoms with van der Waals surface area (Å²) in [7, 11) is 1.84. The molecule has 1 aromatic carbocycles. The summed E-state index contributed by atoms with van der Waals surface area (Å²) >= 11 is 0. The quantitative estimate of drug-likeness (QED) is 0.544. The second kappa shape index (κ2) is 9.05. The molecule has 0 spiro atoms. The molecule has 3 aromatic rings. The molecule has 0 fully saturated rings. The van der Waals surface area contributed by atoms with Crippen LogP contribution in [0.4, 0.5) is 24.8 Å². The summed E-state index contributed by atoms with van der Waals surface area (Å²) in [5.41, 5.74) is -0.0367. The highest BCUT2D eigenvalue weighted by Crippen LogP contribution is 2.39. The number of amides is 1. The summed E-state index contributed by atoms with van der Waals surface area (Å²) < 4.78 is 42.4. The largest absolute Gasteiger partial charge is 0.416 e. The van der Waals surface area contributed by atoms with Crippen molar-refractivity contribution in [1.82, 2.24) is 19.7 Å². The Morgan fingerprint density at radius 2 is 2.00 bits per heavy atom. The third kappa shape index (κ3) is 4.60. The predicted octanol–water partition coefficient (Wildman–Crippen LogP) is 3.53. The van der Waals surface area contributed by atoms with Gasteiger partial charge < -0.3 is 15.0 Å². The van der Waals surface area contributed by atoms with Crippen LogP contribution in [0.1, 0.15) is 52.6 Å². The van der Waals surface area contributed by atoms with Gasteiger partial charge in [0.2, 0.25) is 0 Å². The zero-order valence-corrected chi connectivity index (χ0v) is 19.0. The van der Waals surface area contributed by atoms with Crippen LogP contribution in [0.3, 0.4) is 0 Å². The van der Waals surface area contributed by atoms with Crippen molar-refractivity contribution in [1.29, 1.82) is 0 Å². The first-order valence-electron chi connectivity index (χ1n) is 10.8. The van der Waals surface area contributed by atoms with E-state index in [1.807, 2.05) is 24.6 Å². The highest BCUT2D eigenvalue weighted by atomic mass is 19.4. The number of aliphatic hydroxyl groups excluding tert-OH is 1. The van der Waals surface area contributed by atoms with Gasteiger partial charge >= 0.3 is 6.18 Å². The van der Waals surface area contributed by atoms with Crippen molar-refractivity contribution in [3.8, 4) is 0 Å². The number of nitrogens with zero attached hydrogens (tertiary/aromatic N) is 5. The van der Waals surface area contributed by atoms with E-state index in [1.165, 1.54) is 17.0 Å². The zero-order chi connectivity index (χ0) is 24.6. The van der Waals surface area contributed by atoms with Gasteiger partial charge in [-0.1, -0.05) is 13.0 Å². The SMILES string of the molecule is CC(CO)Nc1cc(C(C)Cc2nncn2C)cc(N2Cc3c(cccc3C(F)(F)F)C2=O)n1. The van der Waals surface area contributed by atoms with Crippen molar-refractivity contribution >= 4 is 17.5 Å². The lowest BCUT2D eigenvalue weighted by molar-refractivity contribution is -0.138. The first-order chi connectivity index (χ1) is 16.1. The Bertz CT molecular complexity index is 1210. The fraction of sp³-hybridized carbons (Fsp3) is 0.391. The number of nitrogens with one attached hydrogen (secondary N) is 1. The number of pyridine rings is 1. The monoisotopic (exact) mass is 474 g/mol. The summed E-state index contributed by atoms with van der Waals surface area (Å²) in [6, 6.07) is 6.84. The highest BCUT2D eigenvalue weighted by molar-refractivity contribution is 6.10. The maximum Gasteiger partial charge on any atom is 0.416 e. The first kappa shape index (κ1) is 23.7. The van der Waals surface area contributed by atoms with Crippen LogP contribution in [0, 0.1) is 0 Å². The lowest BCUT2D eigenvalue weighted by Gasteiger charge is -2.21. The van der Waals surface area contributed by atoms with Crippen molar-refractivity contribution in [2.24, 2.45) is 7.05 Å². The topological polar surface area (TPSA) is 96.2 Å². The Hall–Kier alpha value is -3.47. The maximum atomic E-state index is 13.5. The van der Waals surface area contributed by atoms with E-state index in [9.17, 15) is 23.1 Å².